The smallest absolute Gasteiger partial charge is 0.261 e. The number of halogens is 1. The predicted octanol–water partition coefficient (Wildman–Crippen LogP) is 3.88. The van der Waals surface area contributed by atoms with Gasteiger partial charge in [0.05, 0.1) is 16.1 Å². The lowest BCUT2D eigenvalue weighted by molar-refractivity contribution is 0.0725. The number of carbonyl (C=O) groups excluding carboxylic acids is 1. The van der Waals surface area contributed by atoms with Crippen molar-refractivity contribution in [3.8, 4) is 0 Å². The third-order valence-electron chi connectivity index (χ3n) is 4.15. The number of nitrogens with zero attached hydrogens (tertiary/aromatic N) is 1. The highest BCUT2D eigenvalue weighted by Crippen LogP contribution is 2.24. The van der Waals surface area contributed by atoms with Gasteiger partial charge in [0.15, 0.2) is 0 Å². The van der Waals surface area contributed by atoms with E-state index < -0.39 is 10.0 Å². The summed E-state index contributed by atoms with van der Waals surface area (Å²) in [7, 11) is -3.77. The fourth-order valence-corrected chi connectivity index (χ4v) is 4.54. The molecule has 1 heterocycles. The van der Waals surface area contributed by atoms with Crippen molar-refractivity contribution in [3.63, 3.8) is 0 Å². The van der Waals surface area contributed by atoms with Gasteiger partial charge in [0.25, 0.3) is 15.9 Å². The van der Waals surface area contributed by atoms with Crippen LogP contribution in [0.3, 0.4) is 0 Å². The molecule has 0 spiro atoms. The Morgan fingerprint density at radius 1 is 1.00 bits per heavy atom. The molecule has 132 valence electrons. The lowest BCUT2D eigenvalue weighted by atomic mass is 10.1. The van der Waals surface area contributed by atoms with Gasteiger partial charge in [0, 0.05) is 17.6 Å². The molecule has 1 saturated heterocycles. The molecule has 1 fully saturated rings. The van der Waals surface area contributed by atoms with Crippen molar-refractivity contribution < 1.29 is 13.2 Å². The van der Waals surface area contributed by atoms with Crippen molar-refractivity contribution in [1.29, 1.82) is 0 Å². The van der Waals surface area contributed by atoms with Gasteiger partial charge < -0.3 is 4.90 Å². The Morgan fingerprint density at radius 2 is 1.72 bits per heavy atom. The normalized spacial score (nSPS) is 15.0. The monoisotopic (exact) mass is 422 g/mol. The number of nitrogens with one attached hydrogen (secondary N) is 1. The van der Waals surface area contributed by atoms with Crippen LogP contribution in [-0.2, 0) is 10.0 Å². The first-order valence-electron chi connectivity index (χ1n) is 8.14. The molecule has 0 saturated carbocycles. The number of likely N-dealkylation sites (tertiary alicyclic amines) is 1. The van der Waals surface area contributed by atoms with E-state index in [4.69, 9.17) is 0 Å². The molecular weight excluding hydrogens is 404 g/mol. The second-order valence-corrected chi connectivity index (χ2v) is 8.56. The van der Waals surface area contributed by atoms with Crippen LogP contribution in [0.15, 0.2) is 57.9 Å². The molecule has 0 aliphatic carbocycles. The van der Waals surface area contributed by atoms with Crippen molar-refractivity contribution >= 4 is 37.5 Å². The number of sulfonamides is 1. The molecule has 25 heavy (non-hydrogen) atoms. The Hall–Kier alpha value is -1.86. The summed E-state index contributed by atoms with van der Waals surface area (Å²) in [6, 6.07) is 13.2. The first kappa shape index (κ1) is 17.9. The molecule has 5 nitrogen and oxygen atoms in total. The third kappa shape index (κ3) is 4.22. The molecule has 0 aromatic heterocycles. The van der Waals surface area contributed by atoms with E-state index in [2.05, 4.69) is 20.7 Å². The van der Waals surface area contributed by atoms with Gasteiger partial charge in [-0.1, -0.05) is 34.1 Å². The van der Waals surface area contributed by atoms with Crippen molar-refractivity contribution in [2.75, 3.05) is 17.8 Å². The molecule has 0 bridgehead atoms. The van der Waals surface area contributed by atoms with Crippen molar-refractivity contribution in [2.24, 2.45) is 0 Å². The molecule has 3 rings (SSSR count). The van der Waals surface area contributed by atoms with Crippen LogP contribution in [0.4, 0.5) is 5.69 Å². The van der Waals surface area contributed by atoms with E-state index in [9.17, 15) is 13.2 Å². The highest BCUT2D eigenvalue weighted by atomic mass is 79.9. The maximum absolute atomic E-state index is 12.8. The minimum atomic E-state index is -3.77. The number of carbonyl (C=O) groups is 1. The summed E-state index contributed by atoms with van der Waals surface area (Å²) >= 11 is 3.28. The highest BCUT2D eigenvalue weighted by molar-refractivity contribution is 9.10. The molecule has 1 aliphatic heterocycles. The second-order valence-electron chi connectivity index (χ2n) is 5.96. The molecule has 0 atom stereocenters. The van der Waals surface area contributed by atoms with E-state index in [1.807, 2.05) is 0 Å². The third-order valence-corrected chi connectivity index (χ3v) is 6.01. The quantitative estimate of drug-likeness (QED) is 0.812. The molecule has 0 radical (unpaired) electrons. The van der Waals surface area contributed by atoms with Crippen LogP contribution in [-0.4, -0.2) is 32.3 Å². The average Bonchev–Trinajstić information content (AvgIpc) is 2.62. The van der Waals surface area contributed by atoms with Gasteiger partial charge in [0.2, 0.25) is 0 Å². The number of hydrogen-bond acceptors (Lipinski definition) is 3. The Kier molecular flexibility index (Phi) is 5.44. The van der Waals surface area contributed by atoms with Gasteiger partial charge in [0.1, 0.15) is 0 Å². The number of anilines is 1. The zero-order valence-corrected chi connectivity index (χ0v) is 16.0. The van der Waals surface area contributed by atoms with E-state index in [-0.39, 0.29) is 10.8 Å². The van der Waals surface area contributed by atoms with E-state index in [0.29, 0.717) is 28.8 Å². The Bertz CT molecular complexity index is 877. The molecular formula is C18H19BrN2O3S. The highest BCUT2D eigenvalue weighted by Gasteiger charge is 2.23. The summed E-state index contributed by atoms with van der Waals surface area (Å²) in [5, 5.41) is 0. The van der Waals surface area contributed by atoms with Gasteiger partial charge in [-0.15, -0.1) is 0 Å². The zero-order valence-electron chi connectivity index (χ0n) is 13.6. The summed E-state index contributed by atoms with van der Waals surface area (Å²) in [6.07, 6.45) is 3.09. The lowest BCUT2D eigenvalue weighted by Crippen LogP contribution is -2.36. The van der Waals surface area contributed by atoms with Gasteiger partial charge in [-0.2, -0.15) is 0 Å². The molecule has 1 aliphatic rings. The van der Waals surface area contributed by atoms with Gasteiger partial charge in [-0.25, -0.2) is 8.42 Å². The van der Waals surface area contributed by atoms with E-state index in [1.165, 1.54) is 12.1 Å². The predicted molar refractivity (Wildman–Crippen MR) is 101 cm³/mol. The first-order valence-corrected chi connectivity index (χ1v) is 10.4. The summed E-state index contributed by atoms with van der Waals surface area (Å²) in [6.45, 7) is 1.43. The van der Waals surface area contributed by atoms with Crippen LogP contribution in [0.5, 0.6) is 0 Å². The van der Waals surface area contributed by atoms with Crippen molar-refractivity contribution in [3.05, 3.63) is 58.6 Å². The maximum Gasteiger partial charge on any atom is 0.261 e. The number of para-hydroxylation sites is 1. The van der Waals surface area contributed by atoms with E-state index in [1.54, 1.807) is 41.3 Å². The molecule has 0 unspecified atom stereocenters. The average molecular weight is 423 g/mol. The van der Waals surface area contributed by atoms with Gasteiger partial charge >= 0.3 is 0 Å². The number of amides is 1. The van der Waals surface area contributed by atoms with Gasteiger partial charge in [-0.05, 0) is 49.6 Å². The Labute approximate surface area is 156 Å². The van der Waals surface area contributed by atoms with E-state index >= 15 is 0 Å². The van der Waals surface area contributed by atoms with Crippen LogP contribution < -0.4 is 4.72 Å². The number of piperidine rings is 1. The second kappa shape index (κ2) is 7.58. The minimum Gasteiger partial charge on any atom is -0.339 e. The summed E-state index contributed by atoms with van der Waals surface area (Å²) in [5.74, 6) is -0.132. The topological polar surface area (TPSA) is 66.5 Å². The maximum atomic E-state index is 12.8. The van der Waals surface area contributed by atoms with E-state index in [0.717, 1.165) is 19.3 Å². The molecule has 2 aromatic rings. The van der Waals surface area contributed by atoms with Crippen molar-refractivity contribution in [1.82, 2.24) is 4.90 Å². The van der Waals surface area contributed by atoms with Gasteiger partial charge in [-0.3, -0.25) is 9.52 Å². The Morgan fingerprint density at radius 3 is 2.44 bits per heavy atom. The lowest BCUT2D eigenvalue weighted by Gasteiger charge is -2.27. The summed E-state index contributed by atoms with van der Waals surface area (Å²) < 4.78 is 28.5. The number of benzene rings is 2. The SMILES string of the molecule is O=C(c1ccccc1NS(=O)(=O)c1cccc(Br)c1)N1CCCCC1. The largest absolute Gasteiger partial charge is 0.339 e. The fraction of sp³-hybridized carbons (Fsp3) is 0.278. The molecule has 1 N–H and O–H groups in total. The van der Waals surface area contributed by atoms with Crippen LogP contribution >= 0.6 is 15.9 Å². The van der Waals surface area contributed by atoms with Crippen LogP contribution in [0.2, 0.25) is 0 Å². The number of hydrogen-bond donors (Lipinski definition) is 1. The molecule has 1 amide bonds. The first-order chi connectivity index (χ1) is 12.0. The standard InChI is InChI=1S/C18H19BrN2O3S/c19-14-7-6-8-15(13-14)25(23,24)20-17-10-3-2-9-16(17)18(22)21-11-4-1-5-12-21/h2-3,6-10,13,20H,1,4-5,11-12H2. The summed E-state index contributed by atoms with van der Waals surface area (Å²) in [5.41, 5.74) is 0.682. The van der Waals surface area contributed by atoms with Crippen LogP contribution in [0.1, 0.15) is 29.6 Å². The zero-order chi connectivity index (χ0) is 17.9. The fourth-order valence-electron chi connectivity index (χ4n) is 2.86. The number of rotatable bonds is 4. The van der Waals surface area contributed by atoms with Crippen LogP contribution in [0.25, 0.3) is 0 Å². The molecule has 2 aromatic carbocycles. The van der Waals surface area contributed by atoms with Crippen molar-refractivity contribution in [2.45, 2.75) is 24.2 Å². The van der Waals surface area contributed by atoms with Crippen LogP contribution in [0, 0.1) is 0 Å². The Balaban J connectivity index is 1.89. The summed E-state index contributed by atoms with van der Waals surface area (Å²) in [4.78, 5) is 14.7. The molecule has 7 heteroatoms. The minimum absolute atomic E-state index is 0.132.